The van der Waals surface area contributed by atoms with Gasteiger partial charge in [-0.05, 0) is 36.4 Å². The monoisotopic (exact) mass is 465 g/mol. The first kappa shape index (κ1) is 22.0. The molecule has 3 rings (SSSR count). The zero-order chi connectivity index (χ0) is 21.7. The Morgan fingerprint density at radius 2 is 1.97 bits per heavy atom. The third-order valence-corrected chi connectivity index (χ3v) is 5.58. The Morgan fingerprint density at radius 1 is 1.17 bits per heavy atom. The molecule has 0 aliphatic carbocycles. The molecule has 0 fully saturated rings. The number of carbonyl (C=O) groups excluding carboxylic acids is 2. The number of methoxy groups -OCH3 is 1. The molecule has 2 N–H and O–H groups in total. The number of ether oxygens (including phenoxy) is 1. The summed E-state index contributed by atoms with van der Waals surface area (Å²) in [5.74, 6) is -0.908. The van der Waals surface area contributed by atoms with Gasteiger partial charge in [0.05, 0.1) is 26.5 Å². The van der Waals surface area contributed by atoms with Gasteiger partial charge in [-0.15, -0.1) is 11.3 Å². The van der Waals surface area contributed by atoms with Crippen LogP contribution in [0, 0.1) is 0 Å². The summed E-state index contributed by atoms with van der Waals surface area (Å²) in [6, 6.07) is 11.8. The number of thiophene rings is 1. The number of aromatic nitrogens is 1. The van der Waals surface area contributed by atoms with Crippen LogP contribution < -0.4 is 16.2 Å². The third kappa shape index (κ3) is 5.28. The molecule has 7 nitrogen and oxygen atoms in total. The summed E-state index contributed by atoms with van der Waals surface area (Å²) in [5, 5.41) is 5.60. The summed E-state index contributed by atoms with van der Waals surface area (Å²) in [6.07, 6.45) is 1.60. The Kier molecular flexibility index (Phi) is 7.28. The molecule has 2 aromatic heterocycles. The van der Waals surface area contributed by atoms with Crippen LogP contribution in [0.1, 0.15) is 9.67 Å². The summed E-state index contributed by atoms with van der Waals surface area (Å²) >= 11 is 13.3. The summed E-state index contributed by atoms with van der Waals surface area (Å²) in [6.45, 7) is -0.0259. The molecule has 0 saturated heterocycles. The number of halogens is 2. The molecule has 0 aliphatic heterocycles. The molecule has 0 radical (unpaired) electrons. The van der Waals surface area contributed by atoms with E-state index in [-0.39, 0.29) is 17.2 Å². The average molecular weight is 466 g/mol. The lowest BCUT2D eigenvalue weighted by Gasteiger charge is -2.18. The van der Waals surface area contributed by atoms with Gasteiger partial charge in [-0.3, -0.25) is 19.0 Å². The number of hydrogen-bond donors (Lipinski definition) is 2. The van der Waals surface area contributed by atoms with Crippen molar-refractivity contribution in [2.24, 2.45) is 0 Å². The number of nitrogens with one attached hydrogen (secondary N) is 2. The van der Waals surface area contributed by atoms with Gasteiger partial charge in [0.15, 0.2) is 0 Å². The predicted octanol–water partition coefficient (Wildman–Crippen LogP) is 3.59. The quantitative estimate of drug-likeness (QED) is 0.557. The fourth-order valence-electron chi connectivity index (χ4n) is 2.65. The van der Waals surface area contributed by atoms with Gasteiger partial charge in [0.25, 0.3) is 11.5 Å². The molecule has 0 bridgehead atoms. The third-order valence-electron chi connectivity index (χ3n) is 4.05. The molecule has 156 valence electrons. The van der Waals surface area contributed by atoms with E-state index in [2.05, 4.69) is 10.6 Å². The van der Waals surface area contributed by atoms with Crippen molar-refractivity contribution in [3.63, 3.8) is 0 Å². The van der Waals surface area contributed by atoms with Crippen molar-refractivity contribution in [3.05, 3.63) is 79.3 Å². The van der Waals surface area contributed by atoms with Crippen molar-refractivity contribution in [2.45, 2.75) is 6.04 Å². The van der Waals surface area contributed by atoms with Crippen LogP contribution in [0.3, 0.4) is 0 Å². The molecule has 1 unspecified atom stereocenters. The molecule has 1 atom stereocenters. The van der Waals surface area contributed by atoms with Crippen molar-refractivity contribution < 1.29 is 14.3 Å². The van der Waals surface area contributed by atoms with Crippen LogP contribution in [-0.2, 0) is 9.53 Å². The predicted molar refractivity (Wildman–Crippen MR) is 118 cm³/mol. The lowest BCUT2D eigenvalue weighted by molar-refractivity contribution is -0.119. The van der Waals surface area contributed by atoms with E-state index in [4.69, 9.17) is 27.9 Å². The van der Waals surface area contributed by atoms with Crippen molar-refractivity contribution in [2.75, 3.05) is 19.0 Å². The van der Waals surface area contributed by atoms with Gasteiger partial charge in [0.2, 0.25) is 5.91 Å². The number of nitrogens with zero attached hydrogens (tertiary/aromatic N) is 1. The normalized spacial score (nSPS) is 11.7. The Hall–Kier alpha value is -2.65. The van der Waals surface area contributed by atoms with E-state index in [1.54, 1.807) is 42.6 Å². The van der Waals surface area contributed by atoms with Gasteiger partial charge in [-0.25, -0.2) is 0 Å². The molecule has 0 saturated carbocycles. The van der Waals surface area contributed by atoms with Gasteiger partial charge >= 0.3 is 0 Å². The number of hydrogen-bond acceptors (Lipinski definition) is 5. The van der Waals surface area contributed by atoms with Crippen LogP contribution in [0.25, 0.3) is 5.69 Å². The second-order valence-corrected chi connectivity index (χ2v) is 8.27. The summed E-state index contributed by atoms with van der Waals surface area (Å²) in [7, 11) is 1.43. The first-order valence-electron chi connectivity index (χ1n) is 8.72. The molecular weight excluding hydrogens is 449 g/mol. The minimum Gasteiger partial charge on any atom is -0.382 e. The summed E-state index contributed by atoms with van der Waals surface area (Å²) in [4.78, 5) is 37.4. The van der Waals surface area contributed by atoms with Crippen LogP contribution in [0.4, 0.5) is 5.69 Å². The van der Waals surface area contributed by atoms with Gasteiger partial charge in [0, 0.05) is 25.1 Å². The number of benzene rings is 1. The van der Waals surface area contributed by atoms with Crippen molar-refractivity contribution in [1.29, 1.82) is 0 Å². The molecule has 1 aromatic carbocycles. The minimum atomic E-state index is -0.932. The topological polar surface area (TPSA) is 89.4 Å². The van der Waals surface area contributed by atoms with Gasteiger partial charge in [0.1, 0.15) is 6.04 Å². The Morgan fingerprint density at radius 3 is 2.60 bits per heavy atom. The van der Waals surface area contributed by atoms with Crippen molar-refractivity contribution in [1.82, 2.24) is 9.88 Å². The standard InChI is InChI=1S/C20H17Cl2N3O4S/c1-29-11-14(24-20(28)16-7-8-17(22)30-16)19(27)23-12-5-6-15(13(21)10-12)25-9-3-2-4-18(25)26/h2-10,14H,11H2,1H3,(H,23,27)(H,24,28). The zero-order valence-corrected chi connectivity index (χ0v) is 18.1. The van der Waals surface area contributed by atoms with E-state index < -0.39 is 17.9 Å². The van der Waals surface area contributed by atoms with Crippen LogP contribution in [0.2, 0.25) is 9.36 Å². The molecule has 0 aliphatic rings. The van der Waals surface area contributed by atoms with E-state index in [0.717, 1.165) is 11.3 Å². The average Bonchev–Trinajstić information content (AvgIpc) is 3.15. The maximum Gasteiger partial charge on any atom is 0.262 e. The van der Waals surface area contributed by atoms with Crippen molar-refractivity contribution >= 4 is 52.0 Å². The molecule has 3 aromatic rings. The highest BCUT2D eigenvalue weighted by atomic mass is 35.5. The molecule has 0 spiro atoms. The Balaban J connectivity index is 1.74. The SMILES string of the molecule is COCC(NC(=O)c1ccc(Cl)s1)C(=O)Nc1ccc(-n2ccccc2=O)c(Cl)c1. The van der Waals surface area contributed by atoms with Gasteiger partial charge in [-0.1, -0.05) is 29.3 Å². The lowest BCUT2D eigenvalue weighted by Crippen LogP contribution is -2.46. The van der Waals surface area contributed by atoms with Gasteiger partial charge < -0.3 is 15.4 Å². The van der Waals surface area contributed by atoms with E-state index in [0.29, 0.717) is 20.6 Å². The van der Waals surface area contributed by atoms with Crippen LogP contribution in [-0.4, -0.2) is 36.1 Å². The van der Waals surface area contributed by atoms with Gasteiger partial charge in [-0.2, -0.15) is 0 Å². The fourth-order valence-corrected chi connectivity index (χ4v) is 3.87. The highest BCUT2D eigenvalue weighted by Gasteiger charge is 2.22. The van der Waals surface area contributed by atoms with E-state index in [9.17, 15) is 14.4 Å². The minimum absolute atomic E-state index is 0.0259. The molecular formula is C20H17Cl2N3O4S. The number of carbonyl (C=O) groups is 2. The van der Waals surface area contributed by atoms with Crippen molar-refractivity contribution in [3.8, 4) is 5.69 Å². The molecule has 2 heterocycles. The van der Waals surface area contributed by atoms with E-state index in [1.165, 1.54) is 23.8 Å². The smallest absolute Gasteiger partial charge is 0.262 e. The van der Waals surface area contributed by atoms with Crippen LogP contribution in [0.5, 0.6) is 0 Å². The highest BCUT2D eigenvalue weighted by Crippen LogP contribution is 2.24. The first-order valence-corrected chi connectivity index (χ1v) is 10.3. The maximum absolute atomic E-state index is 12.7. The maximum atomic E-state index is 12.7. The first-order chi connectivity index (χ1) is 14.4. The van der Waals surface area contributed by atoms with E-state index in [1.807, 2.05) is 0 Å². The zero-order valence-electron chi connectivity index (χ0n) is 15.7. The molecule has 2 amide bonds. The number of pyridine rings is 1. The highest BCUT2D eigenvalue weighted by molar-refractivity contribution is 7.18. The van der Waals surface area contributed by atoms with Crippen LogP contribution in [0.15, 0.2) is 59.5 Å². The second-order valence-electron chi connectivity index (χ2n) is 6.15. The van der Waals surface area contributed by atoms with Crippen LogP contribution >= 0.6 is 34.5 Å². The Labute approximate surface area is 186 Å². The lowest BCUT2D eigenvalue weighted by atomic mass is 10.2. The number of amides is 2. The number of anilines is 1. The molecule has 10 heteroatoms. The largest absolute Gasteiger partial charge is 0.382 e. The summed E-state index contributed by atoms with van der Waals surface area (Å²) in [5.41, 5.74) is 0.663. The summed E-state index contributed by atoms with van der Waals surface area (Å²) < 4.78 is 6.93. The molecule has 30 heavy (non-hydrogen) atoms. The Bertz CT molecular complexity index is 1130. The fraction of sp³-hybridized carbons (Fsp3) is 0.150. The van der Waals surface area contributed by atoms with E-state index >= 15 is 0 Å². The number of rotatable bonds is 7. The second kappa shape index (κ2) is 9.90.